The van der Waals surface area contributed by atoms with Gasteiger partial charge in [0.25, 0.3) is 0 Å². The Morgan fingerprint density at radius 2 is 2.00 bits per heavy atom. The number of carbonyl (C=O) groups excluding carboxylic acids is 1. The Morgan fingerprint density at radius 1 is 1.35 bits per heavy atom. The lowest BCUT2D eigenvalue weighted by atomic mass is 9.98. The maximum absolute atomic E-state index is 13.5. The summed E-state index contributed by atoms with van der Waals surface area (Å²) in [6, 6.07) is 2.97. The van der Waals surface area contributed by atoms with E-state index in [1.165, 1.54) is 6.07 Å². The molecule has 0 saturated carbocycles. The lowest BCUT2D eigenvalue weighted by Gasteiger charge is -2.27. The van der Waals surface area contributed by atoms with Crippen LogP contribution in [0.2, 0.25) is 0 Å². The van der Waals surface area contributed by atoms with Crippen LogP contribution in [0.15, 0.2) is 18.2 Å². The Morgan fingerprint density at radius 3 is 2.57 bits per heavy atom. The molecule has 0 bridgehead atoms. The monoisotopic (exact) mass is 347 g/mol. The van der Waals surface area contributed by atoms with Crippen LogP contribution in [0, 0.1) is 17.6 Å². The fourth-order valence-corrected chi connectivity index (χ4v) is 2.86. The molecule has 0 radical (unpaired) electrons. The predicted octanol–water partition coefficient (Wildman–Crippen LogP) is 2.23. The highest BCUT2D eigenvalue weighted by atomic mass is 35.5. The second-order valence-corrected chi connectivity index (χ2v) is 6.27. The topological polar surface area (TPSA) is 58.4 Å². The number of amides is 1. The van der Waals surface area contributed by atoms with E-state index < -0.39 is 17.7 Å². The first-order valence-corrected chi connectivity index (χ1v) is 7.52. The van der Waals surface area contributed by atoms with Crippen LogP contribution in [-0.2, 0) is 4.79 Å². The molecule has 1 aliphatic heterocycles. The summed E-state index contributed by atoms with van der Waals surface area (Å²) in [6.07, 6.45) is 0.747. The van der Waals surface area contributed by atoms with Gasteiger partial charge in [-0.1, -0.05) is 19.9 Å². The molecule has 1 fully saturated rings. The number of halogens is 3. The summed E-state index contributed by atoms with van der Waals surface area (Å²) in [5, 5.41) is 2.95. The Kier molecular flexibility index (Phi) is 6.92. The van der Waals surface area contributed by atoms with Crippen LogP contribution in [0.5, 0.6) is 0 Å². The van der Waals surface area contributed by atoms with Crippen LogP contribution >= 0.6 is 12.4 Å². The molecular formula is C16H24ClF2N3O. The second kappa shape index (κ2) is 8.04. The Bertz CT molecular complexity index is 556. The lowest BCUT2D eigenvalue weighted by Crippen LogP contribution is -2.49. The highest BCUT2D eigenvalue weighted by Crippen LogP contribution is 2.31. The Hall–Kier alpha value is -1.24. The van der Waals surface area contributed by atoms with Gasteiger partial charge in [0.1, 0.15) is 0 Å². The second-order valence-electron chi connectivity index (χ2n) is 6.27. The average Bonchev–Trinajstić information content (AvgIpc) is 2.81. The van der Waals surface area contributed by atoms with Gasteiger partial charge in [-0.15, -0.1) is 12.4 Å². The number of rotatable bonds is 4. The molecule has 130 valence electrons. The third kappa shape index (κ3) is 4.40. The number of hydrogen-bond acceptors (Lipinski definition) is 3. The molecule has 1 aliphatic rings. The molecule has 3 N–H and O–H groups in total. The van der Waals surface area contributed by atoms with Crippen LogP contribution < -0.4 is 11.1 Å². The summed E-state index contributed by atoms with van der Waals surface area (Å²) in [7, 11) is 1.90. The van der Waals surface area contributed by atoms with Gasteiger partial charge in [0.15, 0.2) is 11.6 Å². The van der Waals surface area contributed by atoms with Gasteiger partial charge in [0.05, 0.1) is 12.1 Å². The summed E-state index contributed by atoms with van der Waals surface area (Å²) >= 11 is 0. The third-order valence-corrected chi connectivity index (χ3v) is 4.28. The highest BCUT2D eigenvalue weighted by molar-refractivity contribution is 5.85. The number of nitrogens with one attached hydrogen (secondary N) is 1. The van der Waals surface area contributed by atoms with Crippen molar-refractivity contribution in [1.82, 2.24) is 10.2 Å². The highest BCUT2D eigenvalue weighted by Gasteiger charge is 2.35. The maximum Gasteiger partial charge on any atom is 0.237 e. The van der Waals surface area contributed by atoms with E-state index >= 15 is 0 Å². The van der Waals surface area contributed by atoms with Crippen LogP contribution in [0.1, 0.15) is 31.9 Å². The quantitative estimate of drug-likeness (QED) is 0.878. The van der Waals surface area contributed by atoms with Crippen molar-refractivity contribution in [2.45, 2.75) is 38.4 Å². The van der Waals surface area contributed by atoms with E-state index in [-0.39, 0.29) is 36.3 Å². The molecule has 1 amide bonds. The van der Waals surface area contributed by atoms with Crippen LogP contribution in [0.3, 0.4) is 0 Å². The van der Waals surface area contributed by atoms with E-state index in [9.17, 15) is 13.6 Å². The van der Waals surface area contributed by atoms with Crippen molar-refractivity contribution in [3.8, 4) is 0 Å². The Labute approximate surface area is 141 Å². The van der Waals surface area contributed by atoms with E-state index in [1.807, 2.05) is 25.8 Å². The number of carbonyl (C=O) groups is 1. The number of nitrogens with two attached hydrogens (primary N) is 1. The molecule has 0 aliphatic carbocycles. The van der Waals surface area contributed by atoms with Gasteiger partial charge >= 0.3 is 0 Å². The first-order valence-electron chi connectivity index (χ1n) is 7.52. The number of likely N-dealkylation sites (tertiary alicyclic amines) is 1. The SMILES string of the molecule is CC(C)[C@H](N)C(=O)NC1CCN(C)C1c1ccc(F)c(F)c1.Cl. The van der Waals surface area contributed by atoms with Gasteiger partial charge in [-0.3, -0.25) is 9.69 Å². The third-order valence-electron chi connectivity index (χ3n) is 4.28. The Balaban J connectivity index is 0.00000264. The van der Waals surface area contributed by atoms with Crippen molar-refractivity contribution in [3.05, 3.63) is 35.4 Å². The summed E-state index contributed by atoms with van der Waals surface area (Å²) < 4.78 is 26.6. The first-order chi connectivity index (χ1) is 10.3. The molecule has 2 rings (SSSR count). The van der Waals surface area contributed by atoms with Crippen molar-refractivity contribution in [3.63, 3.8) is 0 Å². The van der Waals surface area contributed by atoms with Gasteiger partial charge < -0.3 is 11.1 Å². The van der Waals surface area contributed by atoms with E-state index in [1.54, 1.807) is 6.07 Å². The lowest BCUT2D eigenvalue weighted by molar-refractivity contribution is -0.124. The molecule has 3 atom stereocenters. The summed E-state index contributed by atoms with van der Waals surface area (Å²) in [5.41, 5.74) is 6.52. The summed E-state index contributed by atoms with van der Waals surface area (Å²) in [5.74, 6) is -1.91. The number of benzene rings is 1. The van der Waals surface area contributed by atoms with Crippen molar-refractivity contribution >= 4 is 18.3 Å². The van der Waals surface area contributed by atoms with Crippen molar-refractivity contribution < 1.29 is 13.6 Å². The fraction of sp³-hybridized carbons (Fsp3) is 0.562. The molecule has 1 heterocycles. The zero-order chi connectivity index (χ0) is 16.4. The van der Waals surface area contributed by atoms with Crippen molar-refractivity contribution in [2.24, 2.45) is 11.7 Å². The van der Waals surface area contributed by atoms with E-state index in [0.29, 0.717) is 5.56 Å². The van der Waals surface area contributed by atoms with Gasteiger partial charge in [-0.2, -0.15) is 0 Å². The molecule has 0 spiro atoms. The molecule has 1 aromatic rings. The minimum Gasteiger partial charge on any atom is -0.350 e. The molecule has 1 aromatic carbocycles. The minimum atomic E-state index is -0.873. The summed E-state index contributed by atoms with van der Waals surface area (Å²) in [4.78, 5) is 14.2. The molecule has 7 heteroatoms. The fourth-order valence-electron chi connectivity index (χ4n) is 2.86. The predicted molar refractivity (Wildman–Crippen MR) is 88.3 cm³/mol. The van der Waals surface area contributed by atoms with Crippen LogP contribution in [0.25, 0.3) is 0 Å². The molecule has 0 aromatic heterocycles. The summed E-state index contributed by atoms with van der Waals surface area (Å²) in [6.45, 7) is 4.54. The average molecular weight is 348 g/mol. The van der Waals surface area contributed by atoms with E-state index in [2.05, 4.69) is 5.32 Å². The molecular weight excluding hydrogens is 324 g/mol. The number of likely N-dealkylation sites (N-methyl/N-ethyl adjacent to an activating group) is 1. The van der Waals surface area contributed by atoms with Gasteiger partial charge in [0, 0.05) is 12.6 Å². The van der Waals surface area contributed by atoms with Crippen LogP contribution in [0.4, 0.5) is 8.78 Å². The number of hydrogen-bond donors (Lipinski definition) is 2. The first kappa shape index (κ1) is 19.8. The van der Waals surface area contributed by atoms with Gasteiger partial charge in [-0.25, -0.2) is 8.78 Å². The normalized spacial score (nSPS) is 22.7. The minimum absolute atomic E-state index is 0. The molecule has 2 unspecified atom stereocenters. The van der Waals surface area contributed by atoms with Crippen molar-refractivity contribution in [1.29, 1.82) is 0 Å². The molecule has 1 saturated heterocycles. The zero-order valence-corrected chi connectivity index (χ0v) is 14.4. The maximum atomic E-state index is 13.5. The van der Waals surface area contributed by atoms with E-state index in [0.717, 1.165) is 19.0 Å². The largest absolute Gasteiger partial charge is 0.350 e. The molecule has 4 nitrogen and oxygen atoms in total. The number of nitrogens with zero attached hydrogens (tertiary/aromatic N) is 1. The van der Waals surface area contributed by atoms with Crippen LogP contribution in [-0.4, -0.2) is 36.5 Å². The standard InChI is InChI=1S/C16H23F2N3O.ClH/c1-9(2)14(19)16(22)20-13-6-7-21(3)15(13)10-4-5-11(17)12(18)8-10;/h4-5,8-9,13-15H,6-7,19H2,1-3H3,(H,20,22);1H/t13?,14-,15?;/m0./s1. The zero-order valence-electron chi connectivity index (χ0n) is 13.6. The van der Waals surface area contributed by atoms with Gasteiger partial charge in [0.2, 0.25) is 5.91 Å². The molecule has 23 heavy (non-hydrogen) atoms. The van der Waals surface area contributed by atoms with Crippen molar-refractivity contribution in [2.75, 3.05) is 13.6 Å². The smallest absolute Gasteiger partial charge is 0.237 e. The van der Waals surface area contributed by atoms with Gasteiger partial charge in [-0.05, 0) is 37.1 Å². The van der Waals surface area contributed by atoms with E-state index in [4.69, 9.17) is 5.73 Å².